The van der Waals surface area contributed by atoms with E-state index in [1.54, 1.807) is 0 Å². The summed E-state index contributed by atoms with van der Waals surface area (Å²) in [7, 11) is 0. The maximum absolute atomic E-state index is 12.7. The maximum Gasteiger partial charge on any atom is 0.237 e. The summed E-state index contributed by atoms with van der Waals surface area (Å²) < 4.78 is 0. The average molecular weight is 368 g/mol. The Morgan fingerprint density at radius 2 is 1.81 bits per heavy atom. The van der Waals surface area contributed by atoms with Crippen LogP contribution in [0.5, 0.6) is 0 Å². The number of rotatable bonds is 6. The Bertz CT molecular complexity index is 643. The highest BCUT2D eigenvalue weighted by molar-refractivity contribution is 5.81. The Balaban J connectivity index is 1.53. The van der Waals surface area contributed by atoms with Gasteiger partial charge in [0.25, 0.3) is 0 Å². The van der Waals surface area contributed by atoms with Gasteiger partial charge in [-0.2, -0.15) is 0 Å². The molecule has 3 rings (SSSR count). The molecule has 0 bridgehead atoms. The summed E-state index contributed by atoms with van der Waals surface area (Å²) >= 11 is 0. The molecule has 0 spiro atoms. The van der Waals surface area contributed by atoms with Crippen molar-refractivity contribution in [3.05, 3.63) is 35.4 Å². The molecule has 2 fully saturated rings. The summed E-state index contributed by atoms with van der Waals surface area (Å²) in [6.07, 6.45) is 13.9. The van der Waals surface area contributed by atoms with Gasteiger partial charge in [0, 0.05) is 13.1 Å². The molecule has 1 aromatic carbocycles. The van der Waals surface area contributed by atoms with Crippen molar-refractivity contribution >= 4 is 5.91 Å². The van der Waals surface area contributed by atoms with E-state index < -0.39 is 0 Å². The lowest BCUT2D eigenvalue weighted by atomic mass is 10.0. The van der Waals surface area contributed by atoms with Crippen molar-refractivity contribution in [2.24, 2.45) is 0 Å². The second kappa shape index (κ2) is 10.5. The minimum atomic E-state index is -0.0740. The van der Waals surface area contributed by atoms with Crippen LogP contribution in [0, 0.1) is 12.3 Å². The lowest BCUT2D eigenvalue weighted by Gasteiger charge is -2.33. The largest absolute Gasteiger partial charge is 0.351 e. The predicted molar refractivity (Wildman–Crippen MR) is 110 cm³/mol. The van der Waals surface area contributed by atoms with Crippen LogP contribution in [0.25, 0.3) is 0 Å². The van der Waals surface area contributed by atoms with Crippen LogP contribution in [0.1, 0.15) is 56.1 Å². The molecule has 2 heterocycles. The third-order valence-corrected chi connectivity index (χ3v) is 5.77. The van der Waals surface area contributed by atoms with E-state index in [-0.39, 0.29) is 11.9 Å². The number of hydrogen-bond donors (Lipinski definition) is 1. The van der Waals surface area contributed by atoms with Crippen molar-refractivity contribution in [2.75, 3.05) is 26.2 Å². The van der Waals surface area contributed by atoms with Crippen molar-refractivity contribution in [3.8, 4) is 12.3 Å². The zero-order valence-electron chi connectivity index (χ0n) is 16.5. The fourth-order valence-corrected chi connectivity index (χ4v) is 4.29. The maximum atomic E-state index is 12.7. The number of likely N-dealkylation sites (tertiary alicyclic amines) is 2. The van der Waals surface area contributed by atoms with Gasteiger partial charge in [-0.25, -0.2) is 0 Å². The predicted octanol–water partition coefficient (Wildman–Crippen LogP) is 3.17. The number of carbonyl (C=O) groups is 1. The second-order valence-electron chi connectivity index (χ2n) is 7.91. The van der Waals surface area contributed by atoms with E-state index >= 15 is 0 Å². The number of piperidine rings is 1. The molecule has 146 valence electrons. The number of carbonyl (C=O) groups excluding carboxylic acids is 1. The molecule has 0 aliphatic carbocycles. The highest BCUT2D eigenvalue weighted by Gasteiger charge is 2.27. The Morgan fingerprint density at radius 3 is 2.59 bits per heavy atom. The minimum absolute atomic E-state index is 0.0740. The second-order valence-corrected chi connectivity index (χ2v) is 7.91. The Labute approximate surface area is 164 Å². The standard InChI is InChI=1S/C23H33N3O/c1-2-13-26-16-8-5-12-22(26)23(27)24-18-20-10-9-11-21(17-20)19-25-14-6-3-4-7-15-25/h1,9-11,17,22H,3-8,12-16,18-19H2,(H,24,27). The molecule has 2 aliphatic rings. The minimum Gasteiger partial charge on any atom is -0.351 e. The Kier molecular flexibility index (Phi) is 7.74. The molecule has 0 radical (unpaired) electrons. The molecule has 27 heavy (non-hydrogen) atoms. The number of nitrogens with one attached hydrogen (secondary N) is 1. The van der Waals surface area contributed by atoms with Gasteiger partial charge in [0.05, 0.1) is 12.6 Å². The zero-order chi connectivity index (χ0) is 18.9. The van der Waals surface area contributed by atoms with Crippen molar-refractivity contribution in [1.29, 1.82) is 0 Å². The van der Waals surface area contributed by atoms with Crippen LogP contribution in [-0.4, -0.2) is 47.9 Å². The van der Waals surface area contributed by atoms with Crippen LogP contribution >= 0.6 is 0 Å². The first kappa shape index (κ1) is 19.9. The van der Waals surface area contributed by atoms with Crippen LogP contribution in [-0.2, 0) is 17.9 Å². The molecule has 2 saturated heterocycles. The van der Waals surface area contributed by atoms with Gasteiger partial charge in [-0.3, -0.25) is 14.6 Å². The summed E-state index contributed by atoms with van der Waals surface area (Å²) in [4.78, 5) is 17.4. The van der Waals surface area contributed by atoms with Crippen molar-refractivity contribution in [3.63, 3.8) is 0 Å². The number of terminal acetylenes is 1. The zero-order valence-corrected chi connectivity index (χ0v) is 16.5. The highest BCUT2D eigenvalue weighted by atomic mass is 16.2. The van der Waals surface area contributed by atoms with Gasteiger partial charge < -0.3 is 5.32 Å². The fraction of sp³-hybridized carbons (Fsp3) is 0.609. The monoisotopic (exact) mass is 367 g/mol. The quantitative estimate of drug-likeness (QED) is 0.785. The van der Waals surface area contributed by atoms with Crippen LogP contribution < -0.4 is 5.32 Å². The lowest BCUT2D eigenvalue weighted by Crippen LogP contribution is -2.49. The van der Waals surface area contributed by atoms with E-state index in [4.69, 9.17) is 6.42 Å². The molecular weight excluding hydrogens is 334 g/mol. The smallest absolute Gasteiger partial charge is 0.237 e. The number of nitrogens with zero attached hydrogens (tertiary/aromatic N) is 2. The van der Waals surface area contributed by atoms with Crippen LogP contribution in [0.15, 0.2) is 24.3 Å². The van der Waals surface area contributed by atoms with E-state index in [1.165, 1.54) is 49.9 Å². The van der Waals surface area contributed by atoms with Gasteiger partial charge >= 0.3 is 0 Å². The third-order valence-electron chi connectivity index (χ3n) is 5.77. The van der Waals surface area contributed by atoms with Gasteiger partial charge in [-0.1, -0.05) is 49.4 Å². The highest BCUT2D eigenvalue weighted by Crippen LogP contribution is 2.17. The molecule has 1 atom stereocenters. The molecular formula is C23H33N3O. The normalized spacial score (nSPS) is 22.0. The number of amides is 1. The molecule has 1 aromatic rings. The fourth-order valence-electron chi connectivity index (χ4n) is 4.29. The first-order valence-electron chi connectivity index (χ1n) is 10.5. The molecule has 1 unspecified atom stereocenters. The molecule has 0 aromatic heterocycles. The van der Waals surface area contributed by atoms with Gasteiger partial charge in [0.1, 0.15) is 0 Å². The Morgan fingerprint density at radius 1 is 1.07 bits per heavy atom. The summed E-state index contributed by atoms with van der Waals surface area (Å²) in [5, 5.41) is 3.14. The third kappa shape index (κ3) is 6.09. The van der Waals surface area contributed by atoms with Crippen LogP contribution in [0.4, 0.5) is 0 Å². The van der Waals surface area contributed by atoms with Gasteiger partial charge in [0.2, 0.25) is 5.91 Å². The molecule has 4 heteroatoms. The van der Waals surface area contributed by atoms with E-state index in [0.717, 1.165) is 32.4 Å². The topological polar surface area (TPSA) is 35.6 Å². The van der Waals surface area contributed by atoms with E-state index in [9.17, 15) is 4.79 Å². The number of hydrogen-bond acceptors (Lipinski definition) is 3. The molecule has 1 N–H and O–H groups in total. The van der Waals surface area contributed by atoms with Crippen LogP contribution in [0.2, 0.25) is 0 Å². The van der Waals surface area contributed by atoms with Crippen molar-refractivity contribution < 1.29 is 4.79 Å². The lowest BCUT2D eigenvalue weighted by molar-refractivity contribution is -0.127. The summed E-state index contributed by atoms with van der Waals surface area (Å²) in [5.41, 5.74) is 2.52. The number of benzene rings is 1. The van der Waals surface area contributed by atoms with Crippen molar-refractivity contribution in [2.45, 2.75) is 64.1 Å². The molecule has 2 aliphatic heterocycles. The van der Waals surface area contributed by atoms with E-state index in [1.807, 2.05) is 0 Å². The molecule has 0 saturated carbocycles. The summed E-state index contributed by atoms with van der Waals surface area (Å²) in [5.74, 6) is 2.80. The SMILES string of the molecule is C#CCN1CCCCC1C(=O)NCc1cccc(CN2CCCCCC2)c1. The van der Waals surface area contributed by atoms with Gasteiger partial charge in [0.15, 0.2) is 0 Å². The molecule has 1 amide bonds. The van der Waals surface area contributed by atoms with Crippen LogP contribution in [0.3, 0.4) is 0 Å². The first-order chi connectivity index (χ1) is 13.3. The van der Waals surface area contributed by atoms with Gasteiger partial charge in [-0.15, -0.1) is 6.42 Å². The molecule has 4 nitrogen and oxygen atoms in total. The average Bonchev–Trinajstić information content (AvgIpc) is 2.96. The summed E-state index contributed by atoms with van der Waals surface area (Å²) in [6, 6.07) is 8.58. The van der Waals surface area contributed by atoms with Gasteiger partial charge in [-0.05, 0) is 56.4 Å². The van der Waals surface area contributed by atoms with Crippen molar-refractivity contribution in [1.82, 2.24) is 15.1 Å². The van der Waals surface area contributed by atoms with E-state index in [2.05, 4.69) is 45.3 Å². The summed E-state index contributed by atoms with van der Waals surface area (Å²) in [6.45, 7) is 5.49. The Hall–Kier alpha value is -1.83. The van der Waals surface area contributed by atoms with E-state index in [0.29, 0.717) is 13.1 Å². The first-order valence-corrected chi connectivity index (χ1v) is 10.5.